The number of hydrogen-bond donors (Lipinski definition) is 2. The van der Waals surface area contributed by atoms with Crippen LogP contribution in [0, 0.1) is 0 Å². The Morgan fingerprint density at radius 1 is 1.44 bits per heavy atom. The van der Waals surface area contributed by atoms with E-state index in [9.17, 15) is 4.79 Å². The molecule has 0 spiro atoms. The lowest BCUT2D eigenvalue weighted by Gasteiger charge is -2.35. The summed E-state index contributed by atoms with van der Waals surface area (Å²) in [5.41, 5.74) is -0.608. The normalized spacial score (nSPS) is 23.1. The third-order valence-corrected chi connectivity index (χ3v) is 4.14. The second-order valence-corrected chi connectivity index (χ2v) is 5.42. The summed E-state index contributed by atoms with van der Waals surface area (Å²) < 4.78 is 5.49. The monoisotopic (exact) mass is 255 g/mol. The van der Waals surface area contributed by atoms with E-state index in [0.717, 1.165) is 38.5 Å². The molecule has 1 aliphatic heterocycles. The first-order valence-corrected chi connectivity index (χ1v) is 6.92. The number of piperidine rings is 1. The number of amides is 1. The van der Waals surface area contributed by atoms with Crippen LogP contribution in [0.5, 0.6) is 0 Å². The molecule has 1 saturated heterocycles. The first-order chi connectivity index (χ1) is 8.68. The molecule has 0 aromatic heterocycles. The van der Waals surface area contributed by atoms with Crippen molar-refractivity contribution in [3.63, 3.8) is 0 Å². The molecular formula is C13H25N3O2. The summed E-state index contributed by atoms with van der Waals surface area (Å²) >= 11 is 0. The molecule has 0 atom stereocenters. The Hall–Kier alpha value is -0.650. The van der Waals surface area contributed by atoms with E-state index in [1.54, 1.807) is 7.11 Å². The molecule has 0 radical (unpaired) electrons. The molecule has 0 bridgehead atoms. The van der Waals surface area contributed by atoms with E-state index < -0.39 is 5.60 Å². The molecular weight excluding hydrogens is 230 g/mol. The average Bonchev–Trinajstić information content (AvgIpc) is 3.23. The van der Waals surface area contributed by atoms with Gasteiger partial charge in [0, 0.05) is 26.2 Å². The van der Waals surface area contributed by atoms with Gasteiger partial charge in [0.05, 0.1) is 0 Å². The van der Waals surface area contributed by atoms with Gasteiger partial charge in [-0.2, -0.15) is 0 Å². The van der Waals surface area contributed by atoms with Gasteiger partial charge in [-0.05, 0) is 45.8 Å². The summed E-state index contributed by atoms with van der Waals surface area (Å²) in [6, 6.07) is 0.747. The van der Waals surface area contributed by atoms with Gasteiger partial charge in [-0.1, -0.05) is 0 Å². The zero-order valence-electron chi connectivity index (χ0n) is 11.5. The number of likely N-dealkylation sites (N-methyl/N-ethyl adjacent to an activating group) is 1. The van der Waals surface area contributed by atoms with Crippen molar-refractivity contribution in [3.8, 4) is 0 Å². The lowest BCUT2D eigenvalue weighted by atomic mass is 9.91. The summed E-state index contributed by atoms with van der Waals surface area (Å²) in [5, 5.41) is 6.28. The van der Waals surface area contributed by atoms with Crippen LogP contribution in [-0.2, 0) is 9.53 Å². The standard InChI is InChI=1S/C13H25N3O2/c1-16(11-3-4-11)10-9-15-12(17)13(18-2)5-7-14-8-6-13/h11,14H,3-10H2,1-2H3,(H,15,17). The van der Waals surface area contributed by atoms with Crippen LogP contribution < -0.4 is 10.6 Å². The lowest BCUT2D eigenvalue weighted by molar-refractivity contribution is -0.146. The van der Waals surface area contributed by atoms with Crippen LogP contribution in [-0.4, -0.2) is 62.8 Å². The van der Waals surface area contributed by atoms with Crippen molar-refractivity contribution < 1.29 is 9.53 Å². The fourth-order valence-electron chi connectivity index (χ4n) is 2.56. The van der Waals surface area contributed by atoms with Gasteiger partial charge in [-0.25, -0.2) is 0 Å². The molecule has 1 saturated carbocycles. The summed E-state index contributed by atoms with van der Waals surface area (Å²) in [5.74, 6) is 0.0516. The predicted octanol–water partition coefficient (Wildman–Crippen LogP) is -0.0346. The third kappa shape index (κ3) is 3.22. The van der Waals surface area contributed by atoms with E-state index in [4.69, 9.17) is 4.74 Å². The SMILES string of the molecule is COC1(C(=O)NCCN(C)C2CC2)CCNCC1. The van der Waals surface area contributed by atoms with Gasteiger partial charge in [-0.3, -0.25) is 4.79 Å². The van der Waals surface area contributed by atoms with Crippen molar-refractivity contribution in [2.75, 3.05) is 40.3 Å². The maximum absolute atomic E-state index is 12.2. The second kappa shape index (κ2) is 5.99. The molecule has 0 aromatic rings. The molecule has 2 fully saturated rings. The van der Waals surface area contributed by atoms with Gasteiger partial charge in [0.2, 0.25) is 0 Å². The minimum absolute atomic E-state index is 0.0516. The lowest BCUT2D eigenvalue weighted by Crippen LogP contribution is -2.54. The number of carbonyl (C=O) groups is 1. The highest BCUT2D eigenvalue weighted by atomic mass is 16.5. The third-order valence-electron chi connectivity index (χ3n) is 4.14. The zero-order chi connectivity index (χ0) is 13.0. The number of ether oxygens (including phenoxy) is 1. The summed E-state index contributed by atoms with van der Waals surface area (Å²) in [6.45, 7) is 3.34. The van der Waals surface area contributed by atoms with Crippen LogP contribution in [0.2, 0.25) is 0 Å². The molecule has 2 N–H and O–H groups in total. The molecule has 104 valence electrons. The Balaban J connectivity index is 1.74. The number of carbonyl (C=O) groups excluding carboxylic acids is 1. The molecule has 18 heavy (non-hydrogen) atoms. The van der Waals surface area contributed by atoms with Crippen LogP contribution >= 0.6 is 0 Å². The van der Waals surface area contributed by atoms with Gasteiger partial charge in [-0.15, -0.1) is 0 Å². The van der Waals surface area contributed by atoms with E-state index in [-0.39, 0.29) is 5.91 Å². The van der Waals surface area contributed by atoms with Crippen LogP contribution in [0.1, 0.15) is 25.7 Å². The van der Waals surface area contributed by atoms with Gasteiger partial charge in [0.1, 0.15) is 5.60 Å². The molecule has 1 aliphatic carbocycles. The average molecular weight is 255 g/mol. The van der Waals surface area contributed by atoms with Gasteiger partial charge >= 0.3 is 0 Å². The van der Waals surface area contributed by atoms with Crippen molar-refractivity contribution in [1.82, 2.24) is 15.5 Å². The highest BCUT2D eigenvalue weighted by molar-refractivity contribution is 5.85. The largest absolute Gasteiger partial charge is 0.368 e. The highest BCUT2D eigenvalue weighted by Gasteiger charge is 2.39. The van der Waals surface area contributed by atoms with Crippen LogP contribution in [0.4, 0.5) is 0 Å². The molecule has 2 aliphatic rings. The number of rotatable bonds is 6. The molecule has 0 unspecified atom stereocenters. The molecule has 1 amide bonds. The maximum Gasteiger partial charge on any atom is 0.252 e. The van der Waals surface area contributed by atoms with Gasteiger partial charge in [0.25, 0.3) is 5.91 Å². The Morgan fingerprint density at radius 3 is 2.67 bits per heavy atom. The predicted molar refractivity (Wildman–Crippen MR) is 70.5 cm³/mol. The minimum atomic E-state index is -0.608. The Bertz CT molecular complexity index is 286. The van der Waals surface area contributed by atoms with Crippen molar-refractivity contribution in [1.29, 1.82) is 0 Å². The van der Waals surface area contributed by atoms with Crippen molar-refractivity contribution in [2.45, 2.75) is 37.3 Å². The molecule has 2 rings (SSSR count). The fourth-order valence-corrected chi connectivity index (χ4v) is 2.56. The molecule has 1 heterocycles. The van der Waals surface area contributed by atoms with Crippen molar-refractivity contribution in [3.05, 3.63) is 0 Å². The van der Waals surface area contributed by atoms with E-state index >= 15 is 0 Å². The summed E-state index contributed by atoms with van der Waals surface area (Å²) in [7, 11) is 3.77. The first-order valence-electron chi connectivity index (χ1n) is 6.92. The van der Waals surface area contributed by atoms with Crippen LogP contribution in [0.25, 0.3) is 0 Å². The first kappa shape index (κ1) is 13.8. The summed E-state index contributed by atoms with van der Waals surface area (Å²) in [6.07, 6.45) is 4.12. The molecule has 5 nitrogen and oxygen atoms in total. The maximum atomic E-state index is 12.2. The van der Waals surface area contributed by atoms with Crippen molar-refractivity contribution >= 4 is 5.91 Å². The van der Waals surface area contributed by atoms with Crippen LogP contribution in [0.15, 0.2) is 0 Å². The second-order valence-electron chi connectivity index (χ2n) is 5.42. The minimum Gasteiger partial charge on any atom is -0.368 e. The zero-order valence-corrected chi connectivity index (χ0v) is 11.5. The van der Waals surface area contributed by atoms with E-state index in [0.29, 0.717) is 6.54 Å². The van der Waals surface area contributed by atoms with E-state index in [2.05, 4.69) is 22.6 Å². The number of methoxy groups -OCH3 is 1. The number of nitrogens with one attached hydrogen (secondary N) is 2. The topological polar surface area (TPSA) is 53.6 Å². The molecule has 5 heteroatoms. The van der Waals surface area contributed by atoms with Crippen LogP contribution in [0.3, 0.4) is 0 Å². The van der Waals surface area contributed by atoms with Gasteiger partial charge in [0.15, 0.2) is 0 Å². The fraction of sp³-hybridized carbons (Fsp3) is 0.923. The van der Waals surface area contributed by atoms with Crippen molar-refractivity contribution in [2.24, 2.45) is 0 Å². The van der Waals surface area contributed by atoms with Gasteiger partial charge < -0.3 is 20.3 Å². The Kier molecular flexibility index (Phi) is 4.59. The summed E-state index contributed by atoms with van der Waals surface area (Å²) in [4.78, 5) is 14.6. The number of nitrogens with zero attached hydrogens (tertiary/aromatic N) is 1. The highest BCUT2D eigenvalue weighted by Crippen LogP contribution is 2.25. The van der Waals surface area contributed by atoms with E-state index in [1.807, 2.05) is 0 Å². The Morgan fingerprint density at radius 2 is 2.11 bits per heavy atom. The smallest absolute Gasteiger partial charge is 0.252 e. The number of hydrogen-bond acceptors (Lipinski definition) is 4. The van der Waals surface area contributed by atoms with E-state index in [1.165, 1.54) is 12.8 Å². The quantitative estimate of drug-likeness (QED) is 0.699. The Labute approximate surface area is 109 Å². The molecule has 0 aromatic carbocycles.